The van der Waals surface area contributed by atoms with E-state index in [1.54, 1.807) is 20.8 Å². The minimum Gasteiger partial charge on any atom is -0.465 e. The van der Waals surface area contributed by atoms with Crippen LogP contribution in [0.5, 0.6) is 0 Å². The van der Waals surface area contributed by atoms with Crippen molar-refractivity contribution in [1.82, 2.24) is 5.32 Å². The molecule has 0 aliphatic heterocycles. The Morgan fingerprint density at radius 3 is 2.77 bits per heavy atom. The van der Waals surface area contributed by atoms with E-state index in [0.717, 1.165) is 0 Å². The third kappa shape index (κ3) is 6.10. The Hall–Kier alpha value is -1.10. The van der Waals surface area contributed by atoms with E-state index in [1.807, 2.05) is 0 Å². The fourth-order valence-corrected chi connectivity index (χ4v) is 0.702. The number of hydrogen-bond donors (Lipinski definition) is 2. The van der Waals surface area contributed by atoms with Crippen molar-refractivity contribution < 1.29 is 14.7 Å². The lowest BCUT2D eigenvalue weighted by atomic mass is 10.1. The Labute approximate surface area is 77.8 Å². The van der Waals surface area contributed by atoms with Crippen molar-refractivity contribution in [3.05, 3.63) is 0 Å². The standard InChI is InChI=1S/C8H16N2O3/c1-4-13-7(11)5-9-8(2,3)6-10-12/h6,9,12H,4-5H2,1-3H3/b10-6+. The third-order valence-electron chi connectivity index (χ3n) is 1.37. The highest BCUT2D eigenvalue weighted by molar-refractivity contribution is 5.74. The summed E-state index contributed by atoms with van der Waals surface area (Å²) in [5.41, 5.74) is -0.512. The Bertz CT molecular complexity index is 190. The molecule has 0 amide bonds. The fourth-order valence-electron chi connectivity index (χ4n) is 0.702. The predicted molar refractivity (Wildman–Crippen MR) is 49.0 cm³/mol. The zero-order chi connectivity index (χ0) is 10.3. The van der Waals surface area contributed by atoms with Gasteiger partial charge in [-0.05, 0) is 20.8 Å². The number of carbonyl (C=O) groups is 1. The number of carbonyl (C=O) groups excluding carboxylic acids is 1. The first-order chi connectivity index (χ1) is 6.02. The molecule has 0 bridgehead atoms. The van der Waals surface area contributed by atoms with Crippen LogP contribution in [0.25, 0.3) is 0 Å². The summed E-state index contributed by atoms with van der Waals surface area (Å²) in [5.74, 6) is -0.318. The molecule has 0 saturated carbocycles. The quantitative estimate of drug-likeness (QED) is 0.283. The molecule has 0 aromatic carbocycles. The van der Waals surface area contributed by atoms with Crippen LogP contribution in [0.3, 0.4) is 0 Å². The average molecular weight is 188 g/mol. The van der Waals surface area contributed by atoms with Gasteiger partial charge in [-0.15, -0.1) is 5.16 Å². The molecule has 0 fully saturated rings. The van der Waals surface area contributed by atoms with Crippen LogP contribution in [0.15, 0.2) is 5.16 Å². The summed E-state index contributed by atoms with van der Waals surface area (Å²) in [6.07, 6.45) is 1.31. The van der Waals surface area contributed by atoms with Gasteiger partial charge in [-0.2, -0.15) is 0 Å². The average Bonchev–Trinajstić information content (AvgIpc) is 2.02. The molecule has 0 heterocycles. The van der Waals surface area contributed by atoms with Gasteiger partial charge in [-0.1, -0.05) is 0 Å². The molecule has 5 heteroatoms. The maximum Gasteiger partial charge on any atom is 0.319 e. The van der Waals surface area contributed by atoms with Crippen molar-refractivity contribution in [2.45, 2.75) is 26.3 Å². The Morgan fingerprint density at radius 1 is 1.69 bits per heavy atom. The first-order valence-electron chi connectivity index (χ1n) is 4.11. The molecule has 0 aliphatic rings. The molecule has 0 radical (unpaired) electrons. The molecule has 0 rings (SSSR count). The van der Waals surface area contributed by atoms with E-state index in [1.165, 1.54) is 6.21 Å². The second kappa shape index (κ2) is 5.53. The van der Waals surface area contributed by atoms with Gasteiger partial charge < -0.3 is 9.94 Å². The number of rotatable bonds is 5. The van der Waals surface area contributed by atoms with Gasteiger partial charge in [0.15, 0.2) is 0 Å². The molecule has 0 aromatic heterocycles. The highest BCUT2D eigenvalue weighted by Crippen LogP contribution is 1.96. The molecular formula is C8H16N2O3. The second-order valence-corrected chi connectivity index (χ2v) is 3.12. The lowest BCUT2D eigenvalue weighted by Gasteiger charge is -2.19. The van der Waals surface area contributed by atoms with Crippen LogP contribution in [0.2, 0.25) is 0 Å². The summed E-state index contributed by atoms with van der Waals surface area (Å²) in [5, 5.41) is 14.0. The van der Waals surface area contributed by atoms with Crippen LogP contribution in [0.1, 0.15) is 20.8 Å². The van der Waals surface area contributed by atoms with Gasteiger partial charge in [0.1, 0.15) is 0 Å². The highest BCUT2D eigenvalue weighted by atomic mass is 16.5. The van der Waals surface area contributed by atoms with Crippen molar-refractivity contribution in [3.8, 4) is 0 Å². The zero-order valence-corrected chi connectivity index (χ0v) is 8.20. The van der Waals surface area contributed by atoms with Gasteiger partial charge in [0.05, 0.1) is 24.9 Å². The number of esters is 1. The van der Waals surface area contributed by atoms with E-state index in [4.69, 9.17) is 9.94 Å². The van der Waals surface area contributed by atoms with Crippen molar-refractivity contribution in [2.24, 2.45) is 5.16 Å². The van der Waals surface area contributed by atoms with Crippen molar-refractivity contribution in [2.75, 3.05) is 13.2 Å². The molecule has 0 aliphatic carbocycles. The van der Waals surface area contributed by atoms with Crippen LogP contribution in [0.4, 0.5) is 0 Å². The van der Waals surface area contributed by atoms with E-state index < -0.39 is 5.54 Å². The van der Waals surface area contributed by atoms with E-state index in [0.29, 0.717) is 6.61 Å². The molecular weight excluding hydrogens is 172 g/mol. The molecule has 0 aromatic rings. The van der Waals surface area contributed by atoms with Crippen molar-refractivity contribution >= 4 is 12.2 Å². The van der Waals surface area contributed by atoms with E-state index >= 15 is 0 Å². The van der Waals surface area contributed by atoms with Crippen molar-refractivity contribution in [3.63, 3.8) is 0 Å². The number of oxime groups is 1. The van der Waals surface area contributed by atoms with Crippen LogP contribution in [0, 0.1) is 0 Å². The van der Waals surface area contributed by atoms with Gasteiger partial charge in [-0.3, -0.25) is 10.1 Å². The minimum atomic E-state index is -0.512. The van der Waals surface area contributed by atoms with Gasteiger partial charge in [0.25, 0.3) is 0 Å². The molecule has 0 spiro atoms. The van der Waals surface area contributed by atoms with Gasteiger partial charge >= 0.3 is 5.97 Å². The van der Waals surface area contributed by atoms with Crippen LogP contribution >= 0.6 is 0 Å². The lowest BCUT2D eigenvalue weighted by molar-refractivity contribution is -0.142. The van der Waals surface area contributed by atoms with E-state index in [2.05, 4.69) is 10.5 Å². The normalized spacial score (nSPS) is 11.9. The molecule has 0 unspecified atom stereocenters. The summed E-state index contributed by atoms with van der Waals surface area (Å²) in [4.78, 5) is 10.9. The van der Waals surface area contributed by atoms with Crippen LogP contribution in [-0.4, -0.2) is 36.1 Å². The molecule has 0 atom stereocenters. The Balaban J connectivity index is 3.80. The van der Waals surface area contributed by atoms with Crippen LogP contribution < -0.4 is 5.32 Å². The van der Waals surface area contributed by atoms with Gasteiger partial charge in [0, 0.05) is 0 Å². The lowest BCUT2D eigenvalue weighted by Crippen LogP contribution is -2.44. The number of nitrogens with zero attached hydrogens (tertiary/aromatic N) is 1. The SMILES string of the molecule is CCOC(=O)CNC(C)(C)/C=N/O. The Morgan fingerprint density at radius 2 is 2.31 bits per heavy atom. The molecule has 5 nitrogen and oxygen atoms in total. The maximum atomic E-state index is 10.9. The maximum absolute atomic E-state index is 10.9. The summed E-state index contributed by atoms with van der Waals surface area (Å²) in [6.45, 7) is 5.79. The largest absolute Gasteiger partial charge is 0.465 e. The van der Waals surface area contributed by atoms with Crippen LogP contribution in [-0.2, 0) is 9.53 Å². The highest BCUT2D eigenvalue weighted by Gasteiger charge is 2.15. The number of ether oxygens (including phenoxy) is 1. The second-order valence-electron chi connectivity index (χ2n) is 3.12. The molecule has 13 heavy (non-hydrogen) atoms. The van der Waals surface area contributed by atoms with Crippen molar-refractivity contribution in [1.29, 1.82) is 0 Å². The molecule has 76 valence electrons. The Kier molecular flexibility index (Phi) is 5.06. The van der Waals surface area contributed by atoms with E-state index in [-0.39, 0.29) is 12.5 Å². The fraction of sp³-hybridized carbons (Fsp3) is 0.750. The summed E-state index contributed by atoms with van der Waals surface area (Å²) >= 11 is 0. The predicted octanol–water partition coefficient (Wildman–Crippen LogP) is 0.378. The van der Waals surface area contributed by atoms with Gasteiger partial charge in [0.2, 0.25) is 0 Å². The molecule has 0 saturated heterocycles. The topological polar surface area (TPSA) is 70.9 Å². The van der Waals surface area contributed by atoms with E-state index in [9.17, 15) is 4.79 Å². The summed E-state index contributed by atoms with van der Waals surface area (Å²) in [6, 6.07) is 0. The third-order valence-corrected chi connectivity index (χ3v) is 1.37. The summed E-state index contributed by atoms with van der Waals surface area (Å²) in [7, 11) is 0. The minimum absolute atomic E-state index is 0.104. The molecule has 2 N–H and O–H groups in total. The number of nitrogens with one attached hydrogen (secondary N) is 1. The first-order valence-corrected chi connectivity index (χ1v) is 4.11. The smallest absolute Gasteiger partial charge is 0.319 e. The summed E-state index contributed by atoms with van der Waals surface area (Å²) < 4.78 is 4.71. The first kappa shape index (κ1) is 11.9. The van der Waals surface area contributed by atoms with Gasteiger partial charge in [-0.25, -0.2) is 0 Å². The zero-order valence-electron chi connectivity index (χ0n) is 8.20. The monoisotopic (exact) mass is 188 g/mol. The number of hydrogen-bond acceptors (Lipinski definition) is 5.